The van der Waals surface area contributed by atoms with Gasteiger partial charge in [0.1, 0.15) is 5.82 Å². The zero-order valence-electron chi connectivity index (χ0n) is 10.8. The van der Waals surface area contributed by atoms with E-state index in [1.165, 1.54) is 0 Å². The first-order chi connectivity index (χ1) is 9.01. The number of pyridine rings is 1. The third-order valence-electron chi connectivity index (χ3n) is 3.39. The second-order valence-electron chi connectivity index (χ2n) is 4.70. The molecule has 1 aliphatic rings. The highest BCUT2D eigenvalue weighted by atomic mass is 16.4. The molecule has 1 aromatic rings. The zero-order chi connectivity index (χ0) is 14.0. The monoisotopic (exact) mass is 263 g/mol. The molecule has 6 nitrogen and oxygen atoms in total. The van der Waals surface area contributed by atoms with Gasteiger partial charge in [-0.1, -0.05) is 6.92 Å². The molecule has 1 aliphatic heterocycles. The molecule has 0 saturated carbocycles. The minimum Gasteiger partial charge on any atom is -0.478 e. The van der Waals surface area contributed by atoms with Crippen molar-refractivity contribution in [2.24, 2.45) is 11.7 Å². The van der Waals surface area contributed by atoms with Gasteiger partial charge in [-0.15, -0.1) is 0 Å². The summed E-state index contributed by atoms with van der Waals surface area (Å²) in [6.45, 7) is 3.11. The third kappa shape index (κ3) is 2.83. The van der Waals surface area contributed by atoms with Crippen molar-refractivity contribution in [3.8, 4) is 0 Å². The van der Waals surface area contributed by atoms with Gasteiger partial charge in [0, 0.05) is 18.8 Å². The number of rotatable bonds is 4. The van der Waals surface area contributed by atoms with Crippen LogP contribution in [-0.4, -0.2) is 35.1 Å². The lowest BCUT2D eigenvalue weighted by Gasteiger charge is -2.18. The molecule has 1 saturated heterocycles. The Morgan fingerprint density at radius 1 is 1.53 bits per heavy atom. The number of carboxylic acids is 1. The van der Waals surface area contributed by atoms with Gasteiger partial charge < -0.3 is 15.7 Å². The van der Waals surface area contributed by atoms with Gasteiger partial charge in [-0.05, 0) is 25.0 Å². The fraction of sp³-hybridized carbons (Fsp3) is 0.462. The van der Waals surface area contributed by atoms with E-state index in [1.807, 2.05) is 11.8 Å². The number of primary amides is 1. The number of carboxylic acid groups (broad SMARTS) is 1. The Balaban J connectivity index is 2.27. The first-order valence-electron chi connectivity index (χ1n) is 6.29. The van der Waals surface area contributed by atoms with Gasteiger partial charge in [-0.25, -0.2) is 9.78 Å². The average molecular weight is 263 g/mol. The number of nitrogens with zero attached hydrogens (tertiary/aromatic N) is 2. The highest BCUT2D eigenvalue weighted by Crippen LogP contribution is 2.23. The smallest absolute Gasteiger partial charge is 0.335 e. The van der Waals surface area contributed by atoms with E-state index in [9.17, 15) is 9.59 Å². The quantitative estimate of drug-likeness (QED) is 0.831. The summed E-state index contributed by atoms with van der Waals surface area (Å²) in [7, 11) is 0. The highest BCUT2D eigenvalue weighted by Gasteiger charge is 2.28. The van der Waals surface area contributed by atoms with Crippen LogP contribution in [0.25, 0.3) is 0 Å². The van der Waals surface area contributed by atoms with E-state index in [0.29, 0.717) is 31.7 Å². The number of anilines is 1. The molecule has 2 rings (SSSR count). The molecule has 1 aromatic heterocycles. The maximum Gasteiger partial charge on any atom is 0.335 e. The molecule has 2 heterocycles. The van der Waals surface area contributed by atoms with Crippen LogP contribution in [0, 0.1) is 5.92 Å². The van der Waals surface area contributed by atoms with Crippen molar-refractivity contribution in [1.82, 2.24) is 4.98 Å². The van der Waals surface area contributed by atoms with E-state index in [0.717, 1.165) is 5.69 Å². The van der Waals surface area contributed by atoms with Crippen molar-refractivity contribution in [3.05, 3.63) is 23.4 Å². The van der Waals surface area contributed by atoms with Gasteiger partial charge >= 0.3 is 5.97 Å². The number of amides is 1. The van der Waals surface area contributed by atoms with Gasteiger partial charge in [0.25, 0.3) is 0 Å². The van der Waals surface area contributed by atoms with Crippen LogP contribution in [-0.2, 0) is 11.2 Å². The molecule has 1 atom stereocenters. The molecule has 0 spiro atoms. The third-order valence-corrected chi connectivity index (χ3v) is 3.39. The van der Waals surface area contributed by atoms with E-state index in [1.54, 1.807) is 12.1 Å². The number of aromatic carboxylic acids is 1. The van der Waals surface area contributed by atoms with Crippen molar-refractivity contribution < 1.29 is 14.7 Å². The molecule has 1 fully saturated rings. The van der Waals surface area contributed by atoms with Crippen molar-refractivity contribution in [2.45, 2.75) is 19.8 Å². The SMILES string of the molecule is CCc1cc(C(=O)O)cc(N2CCC(C(N)=O)C2)n1. The summed E-state index contributed by atoms with van der Waals surface area (Å²) >= 11 is 0. The largest absolute Gasteiger partial charge is 0.478 e. The molecule has 0 aromatic carbocycles. The van der Waals surface area contributed by atoms with E-state index >= 15 is 0 Å². The minimum atomic E-state index is -0.969. The summed E-state index contributed by atoms with van der Waals surface area (Å²) in [5.74, 6) is -0.850. The average Bonchev–Trinajstić information content (AvgIpc) is 2.87. The molecule has 0 radical (unpaired) electrons. The van der Waals surface area contributed by atoms with Gasteiger partial charge in [0.05, 0.1) is 11.5 Å². The summed E-state index contributed by atoms with van der Waals surface area (Å²) in [6, 6.07) is 3.12. The lowest BCUT2D eigenvalue weighted by Crippen LogP contribution is -2.28. The number of hydrogen-bond acceptors (Lipinski definition) is 4. The Labute approximate surface area is 111 Å². The maximum absolute atomic E-state index is 11.2. The van der Waals surface area contributed by atoms with Crippen LogP contribution in [0.2, 0.25) is 0 Å². The van der Waals surface area contributed by atoms with Crippen LogP contribution in [0.5, 0.6) is 0 Å². The fourth-order valence-electron chi connectivity index (χ4n) is 2.24. The summed E-state index contributed by atoms with van der Waals surface area (Å²) in [6.07, 6.45) is 1.36. The lowest BCUT2D eigenvalue weighted by molar-refractivity contribution is -0.121. The molecule has 1 amide bonds. The van der Waals surface area contributed by atoms with Crippen LogP contribution < -0.4 is 10.6 Å². The van der Waals surface area contributed by atoms with Crippen LogP contribution in [0.3, 0.4) is 0 Å². The summed E-state index contributed by atoms with van der Waals surface area (Å²) in [5, 5.41) is 9.09. The topological polar surface area (TPSA) is 96.5 Å². The van der Waals surface area contributed by atoms with Crippen molar-refractivity contribution in [3.63, 3.8) is 0 Å². The highest BCUT2D eigenvalue weighted by molar-refractivity contribution is 5.88. The fourth-order valence-corrected chi connectivity index (χ4v) is 2.24. The summed E-state index contributed by atoms with van der Waals surface area (Å²) in [5.41, 5.74) is 6.25. The minimum absolute atomic E-state index is 0.180. The predicted octanol–water partition coefficient (Wildman–Crippen LogP) is 0.654. The van der Waals surface area contributed by atoms with Crippen molar-refractivity contribution >= 4 is 17.7 Å². The zero-order valence-corrected chi connectivity index (χ0v) is 10.8. The number of hydrogen-bond donors (Lipinski definition) is 2. The standard InChI is InChI=1S/C13H17N3O3/c1-2-10-5-9(13(18)19)6-11(15-10)16-4-3-8(7-16)12(14)17/h5-6,8H,2-4,7H2,1H3,(H2,14,17)(H,18,19). The summed E-state index contributed by atoms with van der Waals surface area (Å²) < 4.78 is 0. The molecule has 1 unspecified atom stereocenters. The number of carbonyl (C=O) groups is 2. The second-order valence-corrected chi connectivity index (χ2v) is 4.70. The maximum atomic E-state index is 11.2. The number of nitrogens with two attached hydrogens (primary N) is 1. The van der Waals surface area contributed by atoms with Gasteiger partial charge in [0.2, 0.25) is 5.91 Å². The van der Waals surface area contributed by atoms with Crippen molar-refractivity contribution in [1.29, 1.82) is 0 Å². The van der Waals surface area contributed by atoms with Crippen LogP contribution in [0.15, 0.2) is 12.1 Å². The van der Waals surface area contributed by atoms with E-state index in [2.05, 4.69) is 4.98 Å². The van der Waals surface area contributed by atoms with E-state index < -0.39 is 5.97 Å². The Kier molecular flexibility index (Phi) is 3.69. The number of aromatic nitrogens is 1. The lowest BCUT2D eigenvalue weighted by atomic mass is 10.1. The molecular weight excluding hydrogens is 246 g/mol. The molecule has 102 valence electrons. The number of carbonyl (C=O) groups excluding carboxylic acids is 1. The molecule has 3 N–H and O–H groups in total. The molecule has 6 heteroatoms. The molecular formula is C13H17N3O3. The first kappa shape index (κ1) is 13.3. The Morgan fingerprint density at radius 3 is 2.79 bits per heavy atom. The van der Waals surface area contributed by atoms with E-state index in [4.69, 9.17) is 10.8 Å². The van der Waals surface area contributed by atoms with Crippen LogP contribution >= 0.6 is 0 Å². The molecule has 19 heavy (non-hydrogen) atoms. The van der Waals surface area contributed by atoms with Gasteiger partial charge in [0.15, 0.2) is 0 Å². The molecule has 0 aliphatic carbocycles. The van der Waals surface area contributed by atoms with E-state index in [-0.39, 0.29) is 17.4 Å². The Morgan fingerprint density at radius 2 is 2.26 bits per heavy atom. The first-order valence-corrected chi connectivity index (χ1v) is 6.29. The Hall–Kier alpha value is -2.11. The molecule has 0 bridgehead atoms. The Bertz CT molecular complexity index is 516. The van der Waals surface area contributed by atoms with Crippen LogP contribution in [0.4, 0.5) is 5.82 Å². The second kappa shape index (κ2) is 5.26. The number of aryl methyl sites for hydroxylation is 1. The summed E-state index contributed by atoms with van der Waals surface area (Å²) in [4.78, 5) is 28.6. The van der Waals surface area contributed by atoms with Crippen LogP contribution in [0.1, 0.15) is 29.4 Å². The van der Waals surface area contributed by atoms with Gasteiger partial charge in [-0.2, -0.15) is 0 Å². The van der Waals surface area contributed by atoms with Gasteiger partial charge in [-0.3, -0.25) is 4.79 Å². The normalized spacial score (nSPS) is 18.6. The predicted molar refractivity (Wildman–Crippen MR) is 70.1 cm³/mol. The van der Waals surface area contributed by atoms with Crippen molar-refractivity contribution in [2.75, 3.05) is 18.0 Å².